The van der Waals surface area contributed by atoms with E-state index in [-0.39, 0.29) is 17.8 Å². The van der Waals surface area contributed by atoms with Crippen molar-refractivity contribution >= 4 is 11.6 Å². The molecule has 1 aromatic heterocycles. The van der Waals surface area contributed by atoms with E-state index in [0.29, 0.717) is 17.4 Å². The highest BCUT2D eigenvalue weighted by Gasteiger charge is 2.43. The maximum atomic E-state index is 13.5. The highest BCUT2D eigenvalue weighted by atomic mass is 19.1. The molecular formula is C22H22FN3O2. The third kappa shape index (κ3) is 3.05. The normalized spacial score (nSPS) is 16.0. The number of aromatic amines is 1. The maximum absolute atomic E-state index is 13.5. The number of rotatable bonds is 5. The van der Waals surface area contributed by atoms with Crippen LogP contribution >= 0.6 is 0 Å². The summed E-state index contributed by atoms with van der Waals surface area (Å²) >= 11 is 0. The van der Waals surface area contributed by atoms with E-state index >= 15 is 0 Å². The summed E-state index contributed by atoms with van der Waals surface area (Å²) in [6.45, 7) is 4.25. The van der Waals surface area contributed by atoms with E-state index in [0.717, 1.165) is 28.9 Å². The number of ether oxygens (including phenoxy) is 1. The smallest absolute Gasteiger partial charge is 0.279 e. The van der Waals surface area contributed by atoms with Gasteiger partial charge >= 0.3 is 0 Å². The minimum atomic E-state index is -0.357. The van der Waals surface area contributed by atoms with Crippen molar-refractivity contribution in [1.82, 2.24) is 10.2 Å². The number of amides is 1. The van der Waals surface area contributed by atoms with Gasteiger partial charge in [0, 0.05) is 16.9 Å². The number of nitrogens with one attached hydrogen (secondary N) is 1. The van der Waals surface area contributed by atoms with Crippen molar-refractivity contribution in [3.05, 3.63) is 76.9 Å². The molecule has 1 aliphatic rings. The average molecular weight is 379 g/mol. The monoisotopic (exact) mass is 379 g/mol. The van der Waals surface area contributed by atoms with Gasteiger partial charge in [-0.1, -0.05) is 26.0 Å². The molecule has 0 unspecified atom stereocenters. The van der Waals surface area contributed by atoms with Crippen LogP contribution in [0, 0.1) is 11.7 Å². The fourth-order valence-electron chi connectivity index (χ4n) is 3.74. The second-order valence-electron chi connectivity index (χ2n) is 7.39. The number of carbonyl (C=O) groups excluding carboxylic acids is 1. The topological polar surface area (TPSA) is 58.2 Å². The second-order valence-corrected chi connectivity index (χ2v) is 7.39. The van der Waals surface area contributed by atoms with Gasteiger partial charge in [-0.3, -0.25) is 14.8 Å². The first-order chi connectivity index (χ1) is 13.5. The van der Waals surface area contributed by atoms with E-state index in [4.69, 9.17) is 4.74 Å². The van der Waals surface area contributed by atoms with Crippen LogP contribution in [0.15, 0.2) is 48.5 Å². The predicted molar refractivity (Wildman–Crippen MR) is 105 cm³/mol. The molecule has 0 radical (unpaired) electrons. The average Bonchev–Trinajstić information content (AvgIpc) is 3.21. The van der Waals surface area contributed by atoms with Crippen molar-refractivity contribution in [1.29, 1.82) is 0 Å². The number of aromatic nitrogens is 2. The quantitative estimate of drug-likeness (QED) is 0.710. The first-order valence-corrected chi connectivity index (χ1v) is 9.29. The van der Waals surface area contributed by atoms with E-state index in [1.165, 1.54) is 12.1 Å². The van der Waals surface area contributed by atoms with Crippen LogP contribution in [0.25, 0.3) is 0 Å². The maximum Gasteiger partial charge on any atom is 0.279 e. The van der Waals surface area contributed by atoms with Gasteiger partial charge in [0.1, 0.15) is 11.6 Å². The number of hydrogen-bond acceptors (Lipinski definition) is 3. The van der Waals surface area contributed by atoms with Gasteiger partial charge in [0.05, 0.1) is 13.2 Å². The second kappa shape index (κ2) is 7.11. The molecule has 0 saturated heterocycles. The SMILES string of the molecule is COc1ccc(N2C(=O)c3n[nH]c(CC(C)C)c3[C@H]2c2ccc(F)cc2)cc1. The van der Waals surface area contributed by atoms with Crippen LogP contribution in [-0.4, -0.2) is 23.2 Å². The van der Waals surface area contributed by atoms with Gasteiger partial charge < -0.3 is 4.74 Å². The summed E-state index contributed by atoms with van der Waals surface area (Å²) in [5, 5.41) is 7.37. The zero-order valence-corrected chi connectivity index (χ0v) is 16.1. The minimum Gasteiger partial charge on any atom is -0.497 e. The summed E-state index contributed by atoms with van der Waals surface area (Å²) in [6, 6.07) is 13.3. The van der Waals surface area contributed by atoms with Gasteiger partial charge in [-0.15, -0.1) is 0 Å². The standard InChI is InChI=1S/C22H22FN3O2/c1-13(2)12-18-19-20(25-24-18)22(27)26(16-8-10-17(28-3)11-9-16)21(19)14-4-6-15(23)7-5-14/h4-11,13,21H,12H2,1-3H3,(H,24,25)/t21-/m1/s1. The molecule has 0 aliphatic carbocycles. The fraction of sp³-hybridized carbons (Fsp3) is 0.273. The zero-order valence-electron chi connectivity index (χ0n) is 16.1. The molecule has 144 valence electrons. The summed E-state index contributed by atoms with van der Waals surface area (Å²) in [4.78, 5) is 15.0. The number of anilines is 1. The Balaban J connectivity index is 1.85. The van der Waals surface area contributed by atoms with Gasteiger partial charge in [0.25, 0.3) is 5.91 Å². The molecule has 0 bridgehead atoms. The number of benzene rings is 2. The number of fused-ring (bicyclic) bond motifs is 1. The highest BCUT2D eigenvalue weighted by Crippen LogP contribution is 2.43. The third-order valence-electron chi connectivity index (χ3n) is 4.98. The molecule has 0 saturated carbocycles. The summed E-state index contributed by atoms with van der Waals surface area (Å²) in [5.41, 5.74) is 3.84. The van der Waals surface area contributed by atoms with Crippen LogP contribution in [0.5, 0.6) is 5.75 Å². The van der Waals surface area contributed by atoms with Crippen molar-refractivity contribution in [3.8, 4) is 5.75 Å². The van der Waals surface area contributed by atoms with Gasteiger partial charge in [0.15, 0.2) is 5.69 Å². The van der Waals surface area contributed by atoms with Gasteiger partial charge in [0.2, 0.25) is 0 Å². The Labute approximate surface area is 163 Å². The van der Waals surface area contributed by atoms with Gasteiger partial charge in [-0.2, -0.15) is 5.10 Å². The first-order valence-electron chi connectivity index (χ1n) is 9.29. The molecule has 4 rings (SSSR count). The predicted octanol–water partition coefficient (Wildman–Crippen LogP) is 4.51. The lowest BCUT2D eigenvalue weighted by Crippen LogP contribution is -2.29. The molecule has 5 nitrogen and oxygen atoms in total. The van der Waals surface area contributed by atoms with Gasteiger partial charge in [-0.05, 0) is 54.3 Å². The van der Waals surface area contributed by atoms with E-state index in [2.05, 4.69) is 24.0 Å². The summed E-state index contributed by atoms with van der Waals surface area (Å²) in [7, 11) is 1.60. The molecule has 1 atom stereocenters. The third-order valence-corrected chi connectivity index (χ3v) is 4.98. The molecule has 1 amide bonds. The lowest BCUT2D eigenvalue weighted by Gasteiger charge is -2.27. The van der Waals surface area contributed by atoms with Crippen LogP contribution in [0.1, 0.15) is 47.2 Å². The molecule has 0 fully saturated rings. The molecule has 3 aromatic rings. The summed E-state index contributed by atoms with van der Waals surface area (Å²) in [5.74, 6) is 0.649. The number of halogens is 1. The molecule has 1 aliphatic heterocycles. The Kier molecular flexibility index (Phi) is 4.63. The van der Waals surface area contributed by atoms with Crippen molar-refractivity contribution in [3.63, 3.8) is 0 Å². The van der Waals surface area contributed by atoms with Crippen LogP contribution in [0.2, 0.25) is 0 Å². The number of hydrogen-bond donors (Lipinski definition) is 1. The molecular weight excluding hydrogens is 357 g/mol. The number of carbonyl (C=O) groups is 1. The van der Waals surface area contributed by atoms with Crippen LogP contribution in [0.3, 0.4) is 0 Å². The molecule has 0 spiro atoms. The van der Waals surface area contributed by atoms with Gasteiger partial charge in [-0.25, -0.2) is 4.39 Å². The largest absolute Gasteiger partial charge is 0.497 e. The zero-order chi connectivity index (χ0) is 19.8. The minimum absolute atomic E-state index is 0.166. The Morgan fingerprint density at radius 2 is 1.82 bits per heavy atom. The Morgan fingerprint density at radius 1 is 1.14 bits per heavy atom. The fourth-order valence-corrected chi connectivity index (χ4v) is 3.74. The van der Waals surface area contributed by atoms with Crippen molar-refractivity contribution in [2.45, 2.75) is 26.3 Å². The lowest BCUT2D eigenvalue weighted by molar-refractivity contribution is 0.0988. The van der Waals surface area contributed by atoms with Crippen LogP contribution in [-0.2, 0) is 6.42 Å². The summed E-state index contributed by atoms with van der Waals surface area (Å²) < 4.78 is 18.8. The molecule has 6 heteroatoms. The number of H-pyrrole nitrogens is 1. The number of methoxy groups -OCH3 is 1. The molecule has 2 aromatic carbocycles. The Hall–Kier alpha value is -3.15. The molecule has 28 heavy (non-hydrogen) atoms. The lowest BCUT2D eigenvalue weighted by atomic mass is 9.95. The van der Waals surface area contributed by atoms with Crippen molar-refractivity contribution in [2.24, 2.45) is 5.92 Å². The van der Waals surface area contributed by atoms with E-state index in [9.17, 15) is 9.18 Å². The van der Waals surface area contributed by atoms with Crippen molar-refractivity contribution in [2.75, 3.05) is 12.0 Å². The Bertz CT molecular complexity index is 994. The molecule has 1 N–H and O–H groups in total. The van der Waals surface area contributed by atoms with E-state index in [1.807, 2.05) is 24.3 Å². The summed E-state index contributed by atoms with van der Waals surface area (Å²) in [6.07, 6.45) is 0.782. The Morgan fingerprint density at radius 3 is 2.43 bits per heavy atom. The van der Waals surface area contributed by atoms with Crippen LogP contribution < -0.4 is 9.64 Å². The number of nitrogens with zero attached hydrogens (tertiary/aromatic N) is 2. The van der Waals surface area contributed by atoms with Crippen molar-refractivity contribution < 1.29 is 13.9 Å². The molecule has 2 heterocycles. The first kappa shape index (κ1) is 18.2. The van der Waals surface area contributed by atoms with E-state index < -0.39 is 0 Å². The highest BCUT2D eigenvalue weighted by molar-refractivity contribution is 6.10. The van der Waals surface area contributed by atoms with E-state index in [1.54, 1.807) is 24.1 Å². The van der Waals surface area contributed by atoms with Crippen LogP contribution in [0.4, 0.5) is 10.1 Å².